The van der Waals surface area contributed by atoms with Crippen LogP contribution in [0.3, 0.4) is 0 Å². The van der Waals surface area contributed by atoms with Gasteiger partial charge in [-0.25, -0.2) is 12.7 Å². The van der Waals surface area contributed by atoms with Crippen LogP contribution in [0.5, 0.6) is 0 Å². The standard InChI is InChI=1S/C25H25N3O4S/c1-27(2)33(31,32)19-15-13-18(14-16-19)26-24(29)22-20-11-7-8-12-21(20)25(30)28(3)23(22)17-9-5-4-6-10-17/h4-16,22-23H,1-3H3,(H,26,29)/t22-,23+/m0/s1. The van der Waals surface area contributed by atoms with Crippen LogP contribution in [0.15, 0.2) is 83.8 Å². The minimum atomic E-state index is -3.56. The summed E-state index contributed by atoms with van der Waals surface area (Å²) in [5.41, 5.74) is 2.50. The van der Waals surface area contributed by atoms with Gasteiger partial charge in [0.25, 0.3) is 5.91 Å². The van der Waals surface area contributed by atoms with Crippen LogP contribution in [0, 0.1) is 0 Å². The maximum absolute atomic E-state index is 13.6. The third-order valence-corrected chi connectivity index (χ3v) is 7.73. The van der Waals surface area contributed by atoms with E-state index in [1.165, 1.54) is 26.2 Å². The van der Waals surface area contributed by atoms with Crippen LogP contribution in [-0.2, 0) is 14.8 Å². The van der Waals surface area contributed by atoms with Crippen LogP contribution in [0.4, 0.5) is 5.69 Å². The Balaban J connectivity index is 1.71. The number of hydrogen-bond donors (Lipinski definition) is 1. The summed E-state index contributed by atoms with van der Waals surface area (Å²) in [6, 6.07) is 22.2. The fraction of sp³-hybridized carbons (Fsp3) is 0.200. The van der Waals surface area contributed by atoms with Crippen LogP contribution < -0.4 is 5.32 Å². The van der Waals surface area contributed by atoms with Crippen molar-refractivity contribution in [1.29, 1.82) is 0 Å². The monoisotopic (exact) mass is 463 g/mol. The van der Waals surface area contributed by atoms with Gasteiger partial charge in [-0.3, -0.25) is 9.59 Å². The van der Waals surface area contributed by atoms with Gasteiger partial charge in [0.2, 0.25) is 15.9 Å². The number of hydrogen-bond acceptors (Lipinski definition) is 4. The van der Waals surface area contributed by atoms with Gasteiger partial charge >= 0.3 is 0 Å². The number of likely N-dealkylation sites (N-methyl/N-ethyl adjacent to an activating group) is 1. The number of anilines is 1. The van der Waals surface area contributed by atoms with Crippen molar-refractivity contribution in [3.05, 3.63) is 95.6 Å². The summed E-state index contributed by atoms with van der Waals surface area (Å²) >= 11 is 0. The number of nitrogens with one attached hydrogen (secondary N) is 1. The lowest BCUT2D eigenvalue weighted by Crippen LogP contribution is -2.44. The predicted octanol–water partition coefficient (Wildman–Crippen LogP) is 3.49. The zero-order valence-corrected chi connectivity index (χ0v) is 19.4. The molecule has 2 atom stereocenters. The first kappa shape index (κ1) is 22.7. The first-order valence-electron chi connectivity index (χ1n) is 10.5. The molecule has 2 amide bonds. The van der Waals surface area contributed by atoms with E-state index in [-0.39, 0.29) is 16.7 Å². The van der Waals surface area contributed by atoms with Gasteiger partial charge in [-0.15, -0.1) is 0 Å². The van der Waals surface area contributed by atoms with Crippen molar-refractivity contribution in [2.75, 3.05) is 26.5 Å². The number of amides is 2. The lowest BCUT2D eigenvalue weighted by molar-refractivity contribution is -0.119. The van der Waals surface area contributed by atoms with Gasteiger partial charge in [0.1, 0.15) is 0 Å². The lowest BCUT2D eigenvalue weighted by atomic mass is 9.79. The van der Waals surface area contributed by atoms with E-state index in [4.69, 9.17) is 0 Å². The molecule has 170 valence electrons. The Morgan fingerprint density at radius 1 is 0.909 bits per heavy atom. The molecule has 0 aliphatic carbocycles. The van der Waals surface area contributed by atoms with Crippen LogP contribution in [0.1, 0.15) is 33.4 Å². The van der Waals surface area contributed by atoms with Gasteiger partial charge < -0.3 is 10.2 Å². The first-order chi connectivity index (χ1) is 15.7. The molecule has 1 N–H and O–H groups in total. The number of rotatable bonds is 5. The average molecular weight is 464 g/mol. The topological polar surface area (TPSA) is 86.8 Å². The Morgan fingerprint density at radius 3 is 2.15 bits per heavy atom. The molecule has 0 spiro atoms. The van der Waals surface area contributed by atoms with E-state index in [1.807, 2.05) is 42.5 Å². The Bertz CT molecular complexity index is 1290. The molecule has 0 fully saturated rings. The molecule has 3 aromatic rings. The molecule has 7 nitrogen and oxygen atoms in total. The molecule has 4 rings (SSSR count). The normalized spacial score (nSPS) is 18.2. The number of carbonyl (C=O) groups excluding carboxylic acids is 2. The van der Waals surface area contributed by atoms with E-state index in [1.54, 1.807) is 36.2 Å². The summed E-state index contributed by atoms with van der Waals surface area (Å²) in [6.45, 7) is 0. The Morgan fingerprint density at radius 2 is 1.52 bits per heavy atom. The smallest absolute Gasteiger partial charge is 0.254 e. The van der Waals surface area contributed by atoms with Crippen LogP contribution in [-0.4, -0.2) is 50.6 Å². The molecule has 0 bridgehead atoms. The minimum absolute atomic E-state index is 0.137. The van der Waals surface area contributed by atoms with Gasteiger partial charge in [0.15, 0.2) is 0 Å². The fourth-order valence-electron chi connectivity index (χ4n) is 4.16. The molecule has 1 aliphatic rings. The van der Waals surface area contributed by atoms with Crippen molar-refractivity contribution < 1.29 is 18.0 Å². The average Bonchev–Trinajstić information content (AvgIpc) is 2.82. The zero-order chi connectivity index (χ0) is 23.8. The van der Waals surface area contributed by atoms with Crippen molar-refractivity contribution in [3.8, 4) is 0 Å². The van der Waals surface area contributed by atoms with Crippen molar-refractivity contribution in [3.63, 3.8) is 0 Å². The van der Waals surface area contributed by atoms with Crippen molar-refractivity contribution in [2.45, 2.75) is 16.9 Å². The summed E-state index contributed by atoms with van der Waals surface area (Å²) in [5.74, 6) is -1.06. The molecule has 0 saturated carbocycles. The molecule has 33 heavy (non-hydrogen) atoms. The summed E-state index contributed by atoms with van der Waals surface area (Å²) in [5, 5.41) is 2.91. The molecule has 0 saturated heterocycles. The summed E-state index contributed by atoms with van der Waals surface area (Å²) in [6.07, 6.45) is 0. The highest BCUT2D eigenvalue weighted by atomic mass is 32.2. The summed E-state index contributed by atoms with van der Waals surface area (Å²) in [7, 11) is 1.07. The first-order valence-corrected chi connectivity index (χ1v) is 11.9. The molecule has 8 heteroatoms. The van der Waals surface area contributed by atoms with Crippen LogP contribution in [0.2, 0.25) is 0 Å². The lowest BCUT2D eigenvalue weighted by Gasteiger charge is -2.39. The van der Waals surface area contributed by atoms with Crippen LogP contribution in [0.25, 0.3) is 0 Å². The van der Waals surface area contributed by atoms with Crippen molar-refractivity contribution >= 4 is 27.5 Å². The highest BCUT2D eigenvalue weighted by Gasteiger charge is 2.42. The van der Waals surface area contributed by atoms with E-state index < -0.39 is 22.0 Å². The maximum atomic E-state index is 13.6. The van der Waals surface area contributed by atoms with E-state index >= 15 is 0 Å². The van der Waals surface area contributed by atoms with Crippen LogP contribution >= 0.6 is 0 Å². The minimum Gasteiger partial charge on any atom is -0.334 e. The van der Waals surface area contributed by atoms with E-state index in [0.29, 0.717) is 16.8 Å². The Kier molecular flexibility index (Phi) is 6.05. The predicted molar refractivity (Wildman–Crippen MR) is 126 cm³/mol. The van der Waals surface area contributed by atoms with Crippen molar-refractivity contribution in [1.82, 2.24) is 9.21 Å². The highest BCUT2D eigenvalue weighted by molar-refractivity contribution is 7.89. The molecule has 0 radical (unpaired) electrons. The van der Waals surface area contributed by atoms with E-state index in [9.17, 15) is 18.0 Å². The number of fused-ring (bicyclic) bond motifs is 1. The molecular weight excluding hydrogens is 438 g/mol. The van der Waals surface area contributed by atoms with Gasteiger partial charge in [-0.05, 0) is 41.5 Å². The SMILES string of the molecule is CN1C(=O)c2ccccc2[C@H](C(=O)Nc2ccc(S(=O)(=O)N(C)C)cc2)[C@H]1c1ccccc1. The Hall–Kier alpha value is -3.49. The quantitative estimate of drug-likeness (QED) is 0.628. The summed E-state index contributed by atoms with van der Waals surface area (Å²) in [4.78, 5) is 28.4. The second-order valence-electron chi connectivity index (χ2n) is 8.14. The summed E-state index contributed by atoms with van der Waals surface area (Å²) < 4.78 is 25.8. The second kappa shape index (κ2) is 8.80. The number of sulfonamides is 1. The zero-order valence-electron chi connectivity index (χ0n) is 18.6. The number of nitrogens with zero attached hydrogens (tertiary/aromatic N) is 2. The third kappa shape index (κ3) is 4.15. The molecular formula is C25H25N3O4S. The van der Waals surface area contributed by atoms with Gasteiger partial charge in [0.05, 0.1) is 16.9 Å². The molecule has 1 aliphatic heterocycles. The van der Waals surface area contributed by atoms with Crippen molar-refractivity contribution in [2.24, 2.45) is 0 Å². The largest absolute Gasteiger partial charge is 0.334 e. The third-order valence-electron chi connectivity index (χ3n) is 5.90. The highest BCUT2D eigenvalue weighted by Crippen LogP contribution is 2.42. The Labute approximate surface area is 193 Å². The van der Waals surface area contributed by atoms with Gasteiger partial charge in [0, 0.05) is 32.4 Å². The number of carbonyl (C=O) groups is 2. The molecule has 3 aromatic carbocycles. The second-order valence-corrected chi connectivity index (χ2v) is 10.3. The molecule has 1 heterocycles. The maximum Gasteiger partial charge on any atom is 0.254 e. The van der Waals surface area contributed by atoms with Gasteiger partial charge in [-0.2, -0.15) is 0 Å². The molecule has 0 unspecified atom stereocenters. The fourth-order valence-corrected chi connectivity index (χ4v) is 5.07. The molecule has 0 aromatic heterocycles. The van der Waals surface area contributed by atoms with E-state index in [2.05, 4.69) is 5.32 Å². The van der Waals surface area contributed by atoms with E-state index in [0.717, 1.165) is 9.87 Å². The van der Waals surface area contributed by atoms with Gasteiger partial charge in [-0.1, -0.05) is 48.5 Å². The number of benzene rings is 3.